The lowest BCUT2D eigenvalue weighted by Crippen LogP contribution is -2.53. The molecule has 0 aliphatic rings. The Morgan fingerprint density at radius 1 is 0.841 bits per heavy atom. The van der Waals surface area contributed by atoms with Gasteiger partial charge in [-0.25, -0.2) is 8.42 Å². The summed E-state index contributed by atoms with van der Waals surface area (Å²) in [6.45, 7) is 1.65. The maximum Gasteiger partial charge on any atom is 0.264 e. The van der Waals surface area contributed by atoms with Gasteiger partial charge in [-0.1, -0.05) is 101 Å². The molecule has 4 aromatic carbocycles. The van der Waals surface area contributed by atoms with Gasteiger partial charge in [0.1, 0.15) is 12.6 Å². The Kier molecular flexibility index (Phi) is 11.9. The number of sulfonamides is 1. The third kappa shape index (κ3) is 8.41. The molecule has 0 bridgehead atoms. The zero-order chi connectivity index (χ0) is 31.7. The molecule has 0 spiro atoms. The monoisotopic (exact) mass is 715 g/mol. The van der Waals surface area contributed by atoms with Crippen molar-refractivity contribution in [2.45, 2.75) is 37.2 Å². The van der Waals surface area contributed by atoms with Gasteiger partial charge in [-0.3, -0.25) is 13.9 Å². The summed E-state index contributed by atoms with van der Waals surface area (Å²) in [5.74, 6) is -0.968. The van der Waals surface area contributed by atoms with E-state index in [1.165, 1.54) is 17.0 Å². The highest BCUT2D eigenvalue weighted by Crippen LogP contribution is 2.29. The number of amides is 2. The van der Waals surface area contributed by atoms with E-state index in [-0.39, 0.29) is 29.5 Å². The Bertz CT molecular complexity index is 1650. The van der Waals surface area contributed by atoms with Crippen molar-refractivity contribution in [1.29, 1.82) is 0 Å². The zero-order valence-electron chi connectivity index (χ0n) is 24.0. The number of hydrogen-bond acceptors (Lipinski definition) is 4. The van der Waals surface area contributed by atoms with Crippen LogP contribution in [-0.4, -0.2) is 44.3 Å². The predicted molar refractivity (Wildman–Crippen MR) is 179 cm³/mol. The summed E-state index contributed by atoms with van der Waals surface area (Å²) in [7, 11) is -4.19. The van der Waals surface area contributed by atoms with Crippen LogP contribution in [0.15, 0.2) is 112 Å². The van der Waals surface area contributed by atoms with Gasteiger partial charge >= 0.3 is 0 Å². The quantitative estimate of drug-likeness (QED) is 0.160. The maximum atomic E-state index is 14.5. The maximum absolute atomic E-state index is 14.5. The molecular formula is C33H32BrCl2N3O4S. The third-order valence-corrected chi connectivity index (χ3v) is 9.96. The molecule has 4 rings (SSSR count). The van der Waals surface area contributed by atoms with Crippen LogP contribution in [0.4, 0.5) is 5.69 Å². The predicted octanol–water partition coefficient (Wildman–Crippen LogP) is 7.12. The molecule has 4 aromatic rings. The smallest absolute Gasteiger partial charge is 0.264 e. The van der Waals surface area contributed by atoms with Crippen molar-refractivity contribution < 1.29 is 18.0 Å². The van der Waals surface area contributed by atoms with Gasteiger partial charge in [-0.2, -0.15) is 0 Å². The Morgan fingerprint density at radius 3 is 2.02 bits per heavy atom. The van der Waals surface area contributed by atoms with E-state index in [2.05, 4.69) is 21.2 Å². The van der Waals surface area contributed by atoms with Gasteiger partial charge in [0.05, 0.1) is 10.6 Å². The van der Waals surface area contributed by atoms with E-state index >= 15 is 0 Å². The molecule has 0 radical (unpaired) electrons. The van der Waals surface area contributed by atoms with E-state index in [1.54, 1.807) is 60.7 Å². The summed E-state index contributed by atoms with van der Waals surface area (Å²) in [6.07, 6.45) is 0.884. The molecule has 2 amide bonds. The fourth-order valence-corrected chi connectivity index (χ4v) is 6.85. The number of nitrogens with one attached hydrogen (secondary N) is 1. The zero-order valence-corrected chi connectivity index (χ0v) is 27.9. The average molecular weight is 718 g/mol. The Morgan fingerprint density at radius 2 is 1.43 bits per heavy atom. The molecule has 0 saturated carbocycles. The molecule has 44 heavy (non-hydrogen) atoms. The normalized spacial score (nSPS) is 11.9. The van der Waals surface area contributed by atoms with Crippen LogP contribution in [0.5, 0.6) is 0 Å². The van der Waals surface area contributed by atoms with E-state index in [1.807, 2.05) is 37.3 Å². The first-order valence-corrected chi connectivity index (χ1v) is 17.0. The summed E-state index contributed by atoms with van der Waals surface area (Å²) in [5.41, 5.74) is 1.57. The van der Waals surface area contributed by atoms with Crippen LogP contribution in [0, 0.1) is 0 Å². The number of hydrogen-bond donors (Lipinski definition) is 1. The molecule has 11 heteroatoms. The lowest BCUT2D eigenvalue weighted by Gasteiger charge is -2.34. The van der Waals surface area contributed by atoms with Crippen molar-refractivity contribution >= 4 is 66.7 Å². The van der Waals surface area contributed by atoms with Crippen LogP contribution in [0.2, 0.25) is 10.0 Å². The molecule has 1 atom stereocenters. The second-order valence-electron chi connectivity index (χ2n) is 10.0. The minimum atomic E-state index is -4.19. The number of carbonyl (C=O) groups is 2. The first-order valence-electron chi connectivity index (χ1n) is 14.0. The van der Waals surface area contributed by atoms with Crippen LogP contribution >= 0.6 is 39.1 Å². The molecule has 0 unspecified atom stereocenters. The largest absolute Gasteiger partial charge is 0.354 e. The molecule has 0 aliphatic heterocycles. The Labute approximate surface area is 277 Å². The van der Waals surface area contributed by atoms with Crippen LogP contribution < -0.4 is 9.62 Å². The molecule has 7 nitrogen and oxygen atoms in total. The SMILES string of the molecule is CCCNC(=O)[C@@H](Cc1ccccc1)N(Cc1c(Cl)cccc1Cl)C(=O)CN(c1ccc(Br)cc1)S(=O)(=O)c1ccccc1. The second kappa shape index (κ2) is 15.6. The van der Waals surface area contributed by atoms with Crippen molar-refractivity contribution in [3.63, 3.8) is 0 Å². The van der Waals surface area contributed by atoms with Crippen LogP contribution in [0.1, 0.15) is 24.5 Å². The molecule has 230 valence electrons. The van der Waals surface area contributed by atoms with Gasteiger partial charge in [-0.15, -0.1) is 0 Å². The first-order chi connectivity index (χ1) is 21.1. The highest BCUT2D eigenvalue weighted by atomic mass is 79.9. The summed E-state index contributed by atoms with van der Waals surface area (Å²) in [4.78, 5) is 29.6. The van der Waals surface area contributed by atoms with Gasteiger partial charge in [0, 0.05) is 39.6 Å². The summed E-state index contributed by atoms with van der Waals surface area (Å²) in [6, 6.07) is 27.9. The highest BCUT2D eigenvalue weighted by molar-refractivity contribution is 9.10. The van der Waals surface area contributed by atoms with Crippen molar-refractivity contribution in [3.8, 4) is 0 Å². The highest BCUT2D eigenvalue weighted by Gasteiger charge is 2.35. The molecule has 0 aromatic heterocycles. The van der Waals surface area contributed by atoms with Gasteiger partial charge < -0.3 is 10.2 Å². The number of anilines is 1. The summed E-state index contributed by atoms with van der Waals surface area (Å²) < 4.78 is 29.8. The first kappa shape index (κ1) is 33.5. The van der Waals surface area contributed by atoms with Crippen molar-refractivity contribution in [1.82, 2.24) is 10.2 Å². The number of carbonyl (C=O) groups excluding carboxylic acids is 2. The lowest BCUT2D eigenvalue weighted by atomic mass is 10.0. The van der Waals surface area contributed by atoms with Gasteiger partial charge in [-0.05, 0) is 60.5 Å². The molecule has 0 aliphatic carbocycles. The Hall–Kier alpha value is -3.37. The second-order valence-corrected chi connectivity index (χ2v) is 13.6. The summed E-state index contributed by atoms with van der Waals surface area (Å²) >= 11 is 16.5. The van der Waals surface area contributed by atoms with E-state index < -0.39 is 28.5 Å². The van der Waals surface area contributed by atoms with E-state index in [0.29, 0.717) is 28.6 Å². The Balaban J connectivity index is 1.82. The van der Waals surface area contributed by atoms with Gasteiger partial charge in [0.15, 0.2) is 0 Å². The molecule has 0 heterocycles. The van der Waals surface area contributed by atoms with Crippen LogP contribution in [-0.2, 0) is 32.6 Å². The van der Waals surface area contributed by atoms with Gasteiger partial charge in [0.25, 0.3) is 10.0 Å². The van der Waals surface area contributed by atoms with E-state index in [0.717, 1.165) is 14.3 Å². The fourth-order valence-electron chi connectivity index (χ4n) is 4.63. The molecule has 0 saturated heterocycles. The summed E-state index contributed by atoms with van der Waals surface area (Å²) in [5, 5.41) is 3.56. The van der Waals surface area contributed by atoms with Crippen molar-refractivity contribution in [2.24, 2.45) is 0 Å². The number of halogens is 3. The van der Waals surface area contributed by atoms with E-state index in [9.17, 15) is 18.0 Å². The number of nitrogens with zero attached hydrogens (tertiary/aromatic N) is 2. The van der Waals surface area contributed by atoms with Crippen LogP contribution in [0.25, 0.3) is 0 Å². The minimum absolute atomic E-state index is 0.0259. The van der Waals surface area contributed by atoms with Gasteiger partial charge in [0.2, 0.25) is 11.8 Å². The lowest BCUT2D eigenvalue weighted by molar-refractivity contribution is -0.140. The fraction of sp³-hybridized carbons (Fsp3) is 0.212. The van der Waals surface area contributed by atoms with Crippen molar-refractivity contribution in [2.75, 3.05) is 17.4 Å². The minimum Gasteiger partial charge on any atom is -0.354 e. The topological polar surface area (TPSA) is 86.8 Å². The number of rotatable bonds is 13. The van der Waals surface area contributed by atoms with Crippen molar-refractivity contribution in [3.05, 3.63) is 129 Å². The molecule has 0 fully saturated rings. The third-order valence-electron chi connectivity index (χ3n) is 6.94. The number of benzene rings is 4. The van der Waals surface area contributed by atoms with E-state index in [4.69, 9.17) is 23.2 Å². The van der Waals surface area contributed by atoms with Crippen LogP contribution in [0.3, 0.4) is 0 Å². The molecular weight excluding hydrogens is 685 g/mol. The standard InChI is InChI=1S/C33H32BrCl2N3O4S/c1-2-20-37-33(41)31(21-24-10-5-3-6-11-24)38(22-28-29(35)14-9-15-30(28)36)32(40)23-39(26-18-16-25(34)17-19-26)44(42,43)27-12-7-4-8-13-27/h3-19,31H,2,20-23H2,1H3,(H,37,41)/t31-/m1/s1. The average Bonchev–Trinajstić information content (AvgIpc) is 3.03. The molecule has 1 N–H and O–H groups in total.